The number of anilines is 1. The fourth-order valence-electron chi connectivity index (χ4n) is 5.01. The average Bonchev–Trinajstić information content (AvgIpc) is 3.16. The zero-order valence-corrected chi connectivity index (χ0v) is 17.6. The highest BCUT2D eigenvalue weighted by Crippen LogP contribution is 2.47. The molecule has 1 aromatic carbocycles. The van der Waals surface area contributed by atoms with E-state index in [1.165, 1.54) is 0 Å². The van der Waals surface area contributed by atoms with Crippen molar-refractivity contribution in [1.29, 1.82) is 5.41 Å². The lowest BCUT2D eigenvalue weighted by molar-refractivity contribution is 0.0768. The molecule has 2 aliphatic heterocycles. The number of hydrogen-bond donors (Lipinski definition) is 3. The van der Waals surface area contributed by atoms with Gasteiger partial charge in [0, 0.05) is 43.8 Å². The first-order valence-corrected chi connectivity index (χ1v) is 10.9. The number of amides is 1. The second-order valence-corrected chi connectivity index (χ2v) is 8.95. The summed E-state index contributed by atoms with van der Waals surface area (Å²) in [6, 6.07) is 9.19. The molecule has 1 aromatic heterocycles. The lowest BCUT2D eigenvalue weighted by Gasteiger charge is -2.27. The van der Waals surface area contributed by atoms with Crippen molar-refractivity contribution in [2.24, 2.45) is 11.8 Å². The largest absolute Gasteiger partial charge is 0.381 e. The molecule has 1 saturated carbocycles. The van der Waals surface area contributed by atoms with Crippen LogP contribution in [0.4, 0.5) is 5.82 Å². The number of amidine groups is 1. The molecule has 7 nitrogen and oxygen atoms in total. The standard InChI is InChI=1S/C23H29N5O2/c1-13-3-4-20-15(9-13)10-17(23(29)25-14(2)24)22(27-20)28-11-18-19(12-28)21(18)26-16-5-7-30-8-6-16/h3-4,9-10,16,18-19,21,26H,5-8,11-12H2,1-2H3,(H2,24,25,29)/t18-,19+,21+. The molecule has 0 spiro atoms. The number of piperidine rings is 1. The van der Waals surface area contributed by atoms with Gasteiger partial charge < -0.3 is 20.3 Å². The van der Waals surface area contributed by atoms with Gasteiger partial charge in [0.25, 0.3) is 5.91 Å². The second-order valence-electron chi connectivity index (χ2n) is 8.95. The predicted octanol–water partition coefficient (Wildman–Crippen LogP) is 2.47. The van der Waals surface area contributed by atoms with Crippen molar-refractivity contribution in [1.82, 2.24) is 15.6 Å². The van der Waals surface area contributed by atoms with Crippen LogP contribution in [0.15, 0.2) is 24.3 Å². The van der Waals surface area contributed by atoms with Gasteiger partial charge in [0.1, 0.15) is 5.82 Å². The molecule has 0 bridgehead atoms. The third-order valence-electron chi connectivity index (χ3n) is 6.64. The van der Waals surface area contributed by atoms with Gasteiger partial charge in [0.05, 0.1) is 16.9 Å². The highest BCUT2D eigenvalue weighted by Gasteiger charge is 2.56. The first kappa shape index (κ1) is 19.5. The highest BCUT2D eigenvalue weighted by atomic mass is 16.5. The van der Waals surface area contributed by atoms with E-state index in [2.05, 4.69) is 27.7 Å². The maximum atomic E-state index is 12.8. The Kier molecular flexibility index (Phi) is 4.95. The minimum atomic E-state index is -0.258. The molecule has 7 heteroatoms. The van der Waals surface area contributed by atoms with Crippen LogP contribution in [0.25, 0.3) is 10.9 Å². The molecule has 2 aromatic rings. The molecular weight excluding hydrogens is 378 g/mol. The number of carbonyl (C=O) groups is 1. The lowest BCUT2D eigenvalue weighted by atomic mass is 10.1. The molecule has 1 amide bonds. The Bertz CT molecular complexity index is 988. The maximum absolute atomic E-state index is 12.8. The van der Waals surface area contributed by atoms with Crippen LogP contribution in [0.3, 0.4) is 0 Å². The maximum Gasteiger partial charge on any atom is 0.260 e. The van der Waals surface area contributed by atoms with Crippen molar-refractivity contribution < 1.29 is 9.53 Å². The summed E-state index contributed by atoms with van der Waals surface area (Å²) in [4.78, 5) is 20.0. The van der Waals surface area contributed by atoms with Gasteiger partial charge in [-0.2, -0.15) is 0 Å². The molecular formula is C23H29N5O2. The second kappa shape index (κ2) is 7.63. The Labute approximate surface area is 176 Å². The fourth-order valence-corrected chi connectivity index (χ4v) is 5.01. The number of aryl methyl sites for hydroxylation is 1. The number of ether oxygens (including phenoxy) is 1. The number of hydrogen-bond acceptors (Lipinski definition) is 6. The Morgan fingerprint density at radius 1 is 1.20 bits per heavy atom. The first-order chi connectivity index (χ1) is 14.5. The van der Waals surface area contributed by atoms with E-state index in [0.717, 1.165) is 61.4 Å². The molecule has 3 N–H and O–H groups in total. The molecule has 158 valence electrons. The summed E-state index contributed by atoms with van der Waals surface area (Å²) in [7, 11) is 0. The summed E-state index contributed by atoms with van der Waals surface area (Å²) in [6.07, 6.45) is 2.19. The van der Waals surface area contributed by atoms with Crippen molar-refractivity contribution in [2.75, 3.05) is 31.2 Å². The summed E-state index contributed by atoms with van der Waals surface area (Å²) < 4.78 is 5.47. The smallest absolute Gasteiger partial charge is 0.260 e. The van der Waals surface area contributed by atoms with E-state index in [0.29, 0.717) is 29.5 Å². The predicted molar refractivity (Wildman–Crippen MR) is 117 cm³/mol. The van der Waals surface area contributed by atoms with Gasteiger partial charge in [-0.1, -0.05) is 11.6 Å². The first-order valence-electron chi connectivity index (χ1n) is 10.9. The lowest BCUT2D eigenvalue weighted by Crippen LogP contribution is -2.40. The van der Waals surface area contributed by atoms with Crippen molar-refractivity contribution in [3.63, 3.8) is 0 Å². The minimum absolute atomic E-state index is 0.139. The summed E-state index contributed by atoms with van der Waals surface area (Å²) in [5.41, 5.74) is 2.59. The zero-order chi connectivity index (χ0) is 20.8. The van der Waals surface area contributed by atoms with Gasteiger partial charge in [-0.15, -0.1) is 0 Å². The highest BCUT2D eigenvalue weighted by molar-refractivity contribution is 6.09. The van der Waals surface area contributed by atoms with Crippen LogP contribution >= 0.6 is 0 Å². The van der Waals surface area contributed by atoms with Crippen LogP contribution in [0.2, 0.25) is 0 Å². The number of fused-ring (bicyclic) bond motifs is 2. The number of carbonyl (C=O) groups excluding carboxylic acids is 1. The Morgan fingerprint density at radius 3 is 2.63 bits per heavy atom. The van der Waals surface area contributed by atoms with Crippen LogP contribution in [-0.2, 0) is 4.74 Å². The van der Waals surface area contributed by atoms with E-state index < -0.39 is 0 Å². The number of nitrogens with zero attached hydrogens (tertiary/aromatic N) is 2. The van der Waals surface area contributed by atoms with Gasteiger partial charge in [0.15, 0.2) is 0 Å². The van der Waals surface area contributed by atoms with E-state index in [9.17, 15) is 4.79 Å². The van der Waals surface area contributed by atoms with Crippen molar-refractivity contribution in [2.45, 2.75) is 38.8 Å². The van der Waals surface area contributed by atoms with Crippen LogP contribution < -0.4 is 15.5 Å². The molecule has 3 heterocycles. The van der Waals surface area contributed by atoms with Gasteiger partial charge in [0.2, 0.25) is 0 Å². The van der Waals surface area contributed by atoms with Crippen molar-refractivity contribution >= 4 is 28.5 Å². The molecule has 2 saturated heterocycles. The Morgan fingerprint density at radius 2 is 1.93 bits per heavy atom. The molecule has 1 aliphatic carbocycles. The van der Waals surface area contributed by atoms with Crippen molar-refractivity contribution in [3.8, 4) is 0 Å². The number of rotatable bonds is 4. The summed E-state index contributed by atoms with van der Waals surface area (Å²) in [5.74, 6) is 1.85. The molecule has 0 radical (unpaired) electrons. The summed E-state index contributed by atoms with van der Waals surface area (Å²) >= 11 is 0. The van der Waals surface area contributed by atoms with Gasteiger partial charge in [-0.05, 0) is 56.7 Å². The average molecular weight is 408 g/mol. The third kappa shape index (κ3) is 3.68. The number of nitrogens with one attached hydrogen (secondary N) is 3. The van der Waals surface area contributed by atoms with Crippen LogP contribution in [0.5, 0.6) is 0 Å². The van der Waals surface area contributed by atoms with Crippen LogP contribution in [0, 0.1) is 24.2 Å². The van der Waals surface area contributed by atoms with Crippen LogP contribution in [0.1, 0.15) is 35.7 Å². The quantitative estimate of drug-likeness (QED) is 0.535. The minimum Gasteiger partial charge on any atom is -0.381 e. The monoisotopic (exact) mass is 407 g/mol. The molecule has 3 aliphatic rings. The molecule has 3 atom stereocenters. The molecule has 30 heavy (non-hydrogen) atoms. The van der Waals surface area contributed by atoms with E-state index in [1.807, 2.05) is 19.1 Å². The van der Waals surface area contributed by atoms with Gasteiger partial charge >= 0.3 is 0 Å². The fraction of sp³-hybridized carbons (Fsp3) is 0.522. The summed E-state index contributed by atoms with van der Waals surface area (Å²) in [5, 5.41) is 15.1. The number of pyridine rings is 1. The molecule has 0 unspecified atom stereocenters. The Balaban J connectivity index is 1.37. The Hall–Kier alpha value is -2.51. The number of aromatic nitrogens is 1. The SMILES string of the molecule is CC(=N)NC(=O)c1cc2cc(C)ccc2nc1N1C[C@@H]2[C@H](C1)[C@H]2NC1CCOCC1. The van der Waals surface area contributed by atoms with Gasteiger partial charge in [-0.3, -0.25) is 10.2 Å². The van der Waals surface area contributed by atoms with E-state index >= 15 is 0 Å². The van der Waals surface area contributed by atoms with E-state index in [1.54, 1.807) is 6.92 Å². The van der Waals surface area contributed by atoms with Crippen molar-refractivity contribution in [3.05, 3.63) is 35.4 Å². The third-order valence-corrected chi connectivity index (χ3v) is 6.64. The summed E-state index contributed by atoms with van der Waals surface area (Å²) in [6.45, 7) is 7.16. The van der Waals surface area contributed by atoms with E-state index in [4.69, 9.17) is 15.1 Å². The van der Waals surface area contributed by atoms with E-state index in [-0.39, 0.29) is 11.7 Å². The normalized spacial score (nSPS) is 25.9. The van der Waals surface area contributed by atoms with Gasteiger partial charge in [-0.25, -0.2) is 4.98 Å². The molecule has 5 rings (SSSR count). The molecule has 3 fully saturated rings. The zero-order valence-electron chi connectivity index (χ0n) is 17.6. The van der Waals surface area contributed by atoms with Crippen LogP contribution in [-0.4, -0.2) is 55.1 Å². The topological polar surface area (TPSA) is 90.3 Å². The number of benzene rings is 1.